The van der Waals surface area contributed by atoms with Crippen molar-refractivity contribution < 1.29 is 19.0 Å². The van der Waals surface area contributed by atoms with Crippen LogP contribution in [0.15, 0.2) is 93.9 Å². The lowest BCUT2D eigenvalue weighted by molar-refractivity contribution is -0.139. The fraction of sp³-hybridized carbons (Fsp3) is 0.250. The summed E-state index contributed by atoms with van der Waals surface area (Å²) in [7, 11) is 1.57. The molecule has 2 aromatic heterocycles. The minimum atomic E-state index is -0.820. The molecule has 3 heterocycles. The second-order valence-corrected chi connectivity index (χ2v) is 11.7. The minimum Gasteiger partial charge on any atom is -0.493 e. The lowest BCUT2D eigenvalue weighted by atomic mass is 9.94. The molecule has 0 aliphatic carbocycles. The van der Waals surface area contributed by atoms with Gasteiger partial charge in [-0.2, -0.15) is 0 Å². The van der Waals surface area contributed by atoms with E-state index in [9.17, 15) is 9.59 Å². The van der Waals surface area contributed by atoms with Gasteiger partial charge in [0, 0.05) is 34.3 Å². The van der Waals surface area contributed by atoms with Gasteiger partial charge in [-0.25, -0.2) is 9.79 Å². The van der Waals surface area contributed by atoms with E-state index >= 15 is 0 Å². The summed E-state index contributed by atoms with van der Waals surface area (Å²) in [5, 5.41) is 1.06. The number of esters is 1. The normalized spacial score (nSPS) is 14.8. The zero-order chi connectivity index (χ0) is 31.7. The number of allylic oxidation sites excluding steroid dienone is 1. The largest absolute Gasteiger partial charge is 0.493 e. The summed E-state index contributed by atoms with van der Waals surface area (Å²) in [5.41, 5.74) is 5.47. The van der Waals surface area contributed by atoms with Crippen molar-refractivity contribution in [3.05, 3.63) is 126 Å². The summed E-state index contributed by atoms with van der Waals surface area (Å²) in [4.78, 5) is 33.1. The molecule has 230 valence electrons. The lowest BCUT2D eigenvalue weighted by Crippen LogP contribution is -2.40. The molecule has 0 spiro atoms. The SMILES string of the molecule is CCOC(=O)C1=C(C)N=c2s/c(=C/c3c(C)n(Cc4ccccc4)c4ccccc34)c(=O)n2[C@H]1c1cccc(OC)c1OCC. The van der Waals surface area contributed by atoms with Crippen molar-refractivity contribution in [1.29, 1.82) is 0 Å². The van der Waals surface area contributed by atoms with E-state index in [-0.39, 0.29) is 12.2 Å². The predicted molar refractivity (Wildman–Crippen MR) is 177 cm³/mol. The quantitative estimate of drug-likeness (QED) is 0.203. The van der Waals surface area contributed by atoms with Crippen LogP contribution < -0.4 is 24.4 Å². The molecule has 0 unspecified atom stereocenters. The number of carbonyl (C=O) groups is 1. The summed E-state index contributed by atoms with van der Waals surface area (Å²) in [6.45, 7) is 8.77. The number of aromatic nitrogens is 2. The number of ether oxygens (including phenoxy) is 3. The van der Waals surface area contributed by atoms with Gasteiger partial charge in [0.2, 0.25) is 0 Å². The summed E-state index contributed by atoms with van der Waals surface area (Å²) in [6, 6.07) is 23.2. The van der Waals surface area contributed by atoms with Crippen LogP contribution in [0.3, 0.4) is 0 Å². The molecule has 9 heteroatoms. The zero-order valence-electron chi connectivity index (χ0n) is 26.0. The van der Waals surface area contributed by atoms with Crippen LogP contribution >= 0.6 is 11.3 Å². The van der Waals surface area contributed by atoms with Crippen molar-refractivity contribution in [2.24, 2.45) is 4.99 Å². The Morgan fingerprint density at radius 1 is 0.978 bits per heavy atom. The maximum absolute atomic E-state index is 14.4. The summed E-state index contributed by atoms with van der Waals surface area (Å²) >= 11 is 1.31. The monoisotopic (exact) mass is 621 g/mol. The van der Waals surface area contributed by atoms with Gasteiger partial charge in [0.25, 0.3) is 5.56 Å². The van der Waals surface area contributed by atoms with Crippen molar-refractivity contribution in [3.63, 3.8) is 0 Å². The van der Waals surface area contributed by atoms with E-state index in [0.717, 1.165) is 22.2 Å². The first kappa shape index (κ1) is 30.1. The average Bonchev–Trinajstić information content (AvgIpc) is 3.49. The summed E-state index contributed by atoms with van der Waals surface area (Å²) in [6.07, 6.45) is 1.96. The van der Waals surface area contributed by atoms with E-state index in [2.05, 4.69) is 35.8 Å². The molecular formula is C36H35N3O5S. The highest BCUT2D eigenvalue weighted by atomic mass is 32.1. The topological polar surface area (TPSA) is 84.1 Å². The van der Waals surface area contributed by atoms with Crippen molar-refractivity contribution in [3.8, 4) is 11.5 Å². The Bertz CT molecular complexity index is 2120. The standard InChI is InChI=1S/C36H35N3O5S/c1-6-43-33-26(17-13-19-29(33)42-5)32-31(35(41)44-7-2)22(3)37-36-39(32)34(40)30(45-36)20-27-23(4)38(21-24-14-9-8-10-15-24)28-18-12-11-16-25(27)28/h8-20,32H,6-7,21H2,1-5H3/b30-20+/t32-/m0/s1. The molecule has 1 atom stereocenters. The van der Waals surface area contributed by atoms with Crippen LogP contribution in [-0.2, 0) is 16.1 Å². The number of para-hydroxylation sites is 2. The molecule has 5 aromatic rings. The lowest BCUT2D eigenvalue weighted by Gasteiger charge is -2.26. The fourth-order valence-corrected chi connectivity index (χ4v) is 7.06. The maximum atomic E-state index is 14.4. The third kappa shape index (κ3) is 5.37. The van der Waals surface area contributed by atoms with E-state index in [4.69, 9.17) is 19.2 Å². The average molecular weight is 622 g/mol. The first-order valence-electron chi connectivity index (χ1n) is 15.0. The highest BCUT2D eigenvalue weighted by molar-refractivity contribution is 7.07. The van der Waals surface area contributed by atoms with Gasteiger partial charge in [-0.15, -0.1) is 0 Å². The van der Waals surface area contributed by atoms with Crippen molar-refractivity contribution in [1.82, 2.24) is 9.13 Å². The number of thiazole rings is 1. The second-order valence-electron chi connectivity index (χ2n) is 10.7. The van der Waals surface area contributed by atoms with Gasteiger partial charge in [-0.1, -0.05) is 72.0 Å². The highest BCUT2D eigenvalue weighted by Gasteiger charge is 2.36. The Morgan fingerprint density at radius 2 is 1.73 bits per heavy atom. The predicted octanol–water partition coefficient (Wildman–Crippen LogP) is 5.52. The van der Waals surface area contributed by atoms with Crippen LogP contribution in [0.25, 0.3) is 17.0 Å². The van der Waals surface area contributed by atoms with Gasteiger partial charge in [-0.05, 0) is 51.5 Å². The number of rotatable bonds is 9. The van der Waals surface area contributed by atoms with Crippen LogP contribution in [0.1, 0.15) is 49.2 Å². The van der Waals surface area contributed by atoms with Crippen LogP contribution in [0.5, 0.6) is 11.5 Å². The second kappa shape index (κ2) is 12.6. The Balaban J connectivity index is 1.59. The number of hydrogen-bond donors (Lipinski definition) is 0. The molecule has 0 bridgehead atoms. The fourth-order valence-electron chi connectivity index (χ4n) is 6.03. The third-order valence-electron chi connectivity index (χ3n) is 8.07. The molecule has 6 rings (SSSR count). The molecule has 0 saturated carbocycles. The molecule has 1 aliphatic rings. The van der Waals surface area contributed by atoms with Gasteiger partial charge in [0.15, 0.2) is 16.3 Å². The molecule has 0 fully saturated rings. The highest BCUT2D eigenvalue weighted by Crippen LogP contribution is 2.41. The number of benzene rings is 3. The molecule has 0 saturated heterocycles. The number of methoxy groups -OCH3 is 1. The van der Waals surface area contributed by atoms with E-state index in [0.29, 0.717) is 50.8 Å². The van der Waals surface area contributed by atoms with Crippen molar-refractivity contribution >= 4 is 34.3 Å². The molecular weight excluding hydrogens is 586 g/mol. The Labute approximate surface area is 265 Å². The number of fused-ring (bicyclic) bond motifs is 2. The minimum absolute atomic E-state index is 0.190. The Hall–Kier alpha value is -4.89. The van der Waals surface area contributed by atoms with Crippen LogP contribution in [0.4, 0.5) is 0 Å². The third-order valence-corrected chi connectivity index (χ3v) is 9.05. The van der Waals surface area contributed by atoms with E-state index in [1.54, 1.807) is 31.6 Å². The molecule has 45 heavy (non-hydrogen) atoms. The van der Waals surface area contributed by atoms with Crippen LogP contribution in [0.2, 0.25) is 0 Å². The first-order chi connectivity index (χ1) is 21.9. The van der Waals surface area contributed by atoms with Gasteiger partial charge in [-0.3, -0.25) is 9.36 Å². The smallest absolute Gasteiger partial charge is 0.338 e. The molecule has 3 aromatic carbocycles. The van der Waals surface area contributed by atoms with Crippen molar-refractivity contribution in [2.45, 2.75) is 40.3 Å². The Kier molecular flexibility index (Phi) is 8.45. The first-order valence-corrected chi connectivity index (χ1v) is 15.8. The van der Waals surface area contributed by atoms with E-state index in [1.165, 1.54) is 16.9 Å². The van der Waals surface area contributed by atoms with E-state index < -0.39 is 12.0 Å². The Morgan fingerprint density at radius 3 is 2.47 bits per heavy atom. The molecule has 8 nitrogen and oxygen atoms in total. The van der Waals surface area contributed by atoms with Gasteiger partial charge >= 0.3 is 5.97 Å². The maximum Gasteiger partial charge on any atom is 0.338 e. The van der Waals surface area contributed by atoms with E-state index in [1.807, 2.05) is 55.5 Å². The zero-order valence-corrected chi connectivity index (χ0v) is 26.8. The van der Waals surface area contributed by atoms with Crippen molar-refractivity contribution in [2.75, 3.05) is 20.3 Å². The van der Waals surface area contributed by atoms with Gasteiger partial charge in [0.05, 0.1) is 36.1 Å². The summed E-state index contributed by atoms with van der Waals surface area (Å²) < 4.78 is 21.6. The van der Waals surface area contributed by atoms with Gasteiger partial charge < -0.3 is 18.8 Å². The molecule has 0 N–H and O–H groups in total. The summed E-state index contributed by atoms with van der Waals surface area (Å²) in [5.74, 6) is 0.456. The van der Waals surface area contributed by atoms with Crippen LogP contribution in [0, 0.1) is 6.92 Å². The number of hydrogen-bond acceptors (Lipinski definition) is 7. The number of carbonyl (C=O) groups excluding carboxylic acids is 1. The number of nitrogens with zero attached hydrogens (tertiary/aromatic N) is 3. The molecule has 1 aliphatic heterocycles. The molecule has 0 radical (unpaired) electrons. The molecule has 0 amide bonds. The van der Waals surface area contributed by atoms with Crippen LogP contribution in [-0.4, -0.2) is 35.4 Å². The van der Waals surface area contributed by atoms with Gasteiger partial charge in [0.1, 0.15) is 6.04 Å².